The van der Waals surface area contributed by atoms with Crippen LogP contribution >= 0.6 is 11.6 Å². The third kappa shape index (κ3) is 2.69. The maximum absolute atomic E-state index is 10.4. The summed E-state index contributed by atoms with van der Waals surface area (Å²) in [5.41, 5.74) is 3.01. The van der Waals surface area contributed by atoms with Crippen LogP contribution in [0.15, 0.2) is 30.5 Å². The van der Waals surface area contributed by atoms with E-state index in [1.54, 1.807) is 13.3 Å². The molecule has 0 radical (unpaired) electrons. The van der Waals surface area contributed by atoms with Crippen molar-refractivity contribution in [2.45, 2.75) is 32.7 Å². The molecule has 0 bridgehead atoms. The van der Waals surface area contributed by atoms with E-state index in [0.717, 1.165) is 35.2 Å². The Labute approximate surface area is 145 Å². The Morgan fingerprint density at radius 3 is 2.46 bits per heavy atom. The van der Waals surface area contributed by atoms with Crippen LogP contribution in [0.3, 0.4) is 0 Å². The zero-order valence-electron chi connectivity index (χ0n) is 14.0. The molecule has 24 heavy (non-hydrogen) atoms. The number of nitrogens with zero attached hydrogens (tertiary/aromatic N) is 3. The van der Waals surface area contributed by atoms with Gasteiger partial charge in [-0.05, 0) is 30.5 Å². The second-order valence-electron chi connectivity index (χ2n) is 5.63. The molecule has 0 atom stereocenters. The van der Waals surface area contributed by atoms with Crippen LogP contribution in [0.2, 0.25) is 5.02 Å². The van der Waals surface area contributed by atoms with E-state index < -0.39 is 0 Å². The van der Waals surface area contributed by atoms with E-state index in [1.165, 1.54) is 0 Å². The van der Waals surface area contributed by atoms with E-state index in [9.17, 15) is 5.11 Å². The van der Waals surface area contributed by atoms with Gasteiger partial charge in [-0.25, -0.2) is 4.98 Å². The maximum atomic E-state index is 10.4. The fourth-order valence-corrected chi connectivity index (χ4v) is 3.31. The second-order valence-corrected chi connectivity index (χ2v) is 6.04. The van der Waals surface area contributed by atoms with Crippen molar-refractivity contribution in [3.8, 4) is 22.9 Å². The lowest BCUT2D eigenvalue weighted by molar-refractivity contribution is 0.362. The highest BCUT2D eigenvalue weighted by Crippen LogP contribution is 2.39. The Hall–Kier alpha value is -2.27. The number of fused-ring (bicyclic) bond motifs is 1. The van der Waals surface area contributed by atoms with Gasteiger partial charge in [0.05, 0.1) is 12.1 Å². The van der Waals surface area contributed by atoms with Crippen molar-refractivity contribution >= 4 is 22.8 Å². The van der Waals surface area contributed by atoms with E-state index in [0.29, 0.717) is 10.7 Å². The quantitative estimate of drug-likeness (QED) is 0.719. The largest absolute Gasteiger partial charge is 0.497 e. The Bertz CT molecular complexity index is 855. The van der Waals surface area contributed by atoms with E-state index >= 15 is 0 Å². The lowest BCUT2D eigenvalue weighted by Gasteiger charge is -2.18. The Kier molecular flexibility index (Phi) is 4.62. The number of halogens is 1. The first-order valence-corrected chi connectivity index (χ1v) is 8.38. The summed E-state index contributed by atoms with van der Waals surface area (Å²) in [6.07, 6.45) is 3.33. The number of hydrogen-bond donors (Lipinski definition) is 1. The summed E-state index contributed by atoms with van der Waals surface area (Å²) in [5, 5.41) is 10.9. The van der Waals surface area contributed by atoms with Gasteiger partial charge in [-0.1, -0.05) is 37.6 Å². The fourth-order valence-electron chi connectivity index (χ4n) is 3.06. The third-order valence-corrected chi connectivity index (χ3v) is 4.62. The number of ether oxygens (including phenoxy) is 1. The van der Waals surface area contributed by atoms with Gasteiger partial charge in [0.1, 0.15) is 11.3 Å². The van der Waals surface area contributed by atoms with Gasteiger partial charge in [-0.2, -0.15) is 4.98 Å². The van der Waals surface area contributed by atoms with Gasteiger partial charge in [-0.15, -0.1) is 0 Å². The van der Waals surface area contributed by atoms with Crippen molar-refractivity contribution in [2.24, 2.45) is 0 Å². The average molecular weight is 346 g/mol. The molecular weight excluding hydrogens is 326 g/mol. The summed E-state index contributed by atoms with van der Waals surface area (Å²) in [6, 6.07) is 7.77. The Balaban J connectivity index is 2.31. The van der Waals surface area contributed by atoms with E-state index in [-0.39, 0.29) is 12.1 Å². The van der Waals surface area contributed by atoms with Crippen molar-refractivity contribution < 1.29 is 9.84 Å². The smallest absolute Gasteiger partial charge is 0.296 e. The molecule has 1 N–H and O–H groups in total. The van der Waals surface area contributed by atoms with Gasteiger partial charge in [0.15, 0.2) is 5.65 Å². The molecule has 0 fully saturated rings. The minimum atomic E-state index is -0.0248. The van der Waals surface area contributed by atoms with E-state index in [4.69, 9.17) is 16.3 Å². The molecule has 2 aromatic heterocycles. The Morgan fingerprint density at radius 1 is 1.21 bits per heavy atom. The van der Waals surface area contributed by atoms with Gasteiger partial charge >= 0.3 is 0 Å². The molecule has 0 saturated carbocycles. The van der Waals surface area contributed by atoms with Gasteiger partial charge < -0.3 is 9.84 Å². The predicted octanol–water partition coefficient (Wildman–Crippen LogP) is 4.83. The molecule has 1 aromatic carbocycles. The third-order valence-electron chi connectivity index (χ3n) is 4.34. The Morgan fingerprint density at radius 2 is 1.88 bits per heavy atom. The zero-order valence-corrected chi connectivity index (χ0v) is 14.7. The van der Waals surface area contributed by atoms with Crippen molar-refractivity contribution in [3.05, 3.63) is 35.5 Å². The fraction of sp³-hybridized carbons (Fsp3) is 0.333. The van der Waals surface area contributed by atoms with Crippen molar-refractivity contribution in [1.82, 2.24) is 14.5 Å². The summed E-state index contributed by atoms with van der Waals surface area (Å²) in [7, 11) is 1.63. The molecule has 3 aromatic rings. The SMILES string of the molecule is CCC(CC)n1c(O)nc2ncc(Cl)c(-c3ccc(OC)cc3)c21. The summed E-state index contributed by atoms with van der Waals surface area (Å²) in [5.74, 6) is 0.775. The van der Waals surface area contributed by atoms with Crippen LogP contribution in [0.1, 0.15) is 32.7 Å². The number of rotatable bonds is 5. The van der Waals surface area contributed by atoms with Crippen molar-refractivity contribution in [1.29, 1.82) is 0 Å². The van der Waals surface area contributed by atoms with Crippen LogP contribution in [0, 0.1) is 0 Å². The highest BCUT2D eigenvalue weighted by molar-refractivity contribution is 6.34. The average Bonchev–Trinajstić information content (AvgIpc) is 2.93. The highest BCUT2D eigenvalue weighted by Gasteiger charge is 2.22. The van der Waals surface area contributed by atoms with Gasteiger partial charge in [0, 0.05) is 17.8 Å². The second kappa shape index (κ2) is 6.69. The number of aromatic hydroxyl groups is 1. The molecule has 0 aliphatic heterocycles. The van der Waals surface area contributed by atoms with Crippen LogP contribution in [-0.4, -0.2) is 26.8 Å². The summed E-state index contributed by atoms with van der Waals surface area (Å²) >= 11 is 6.47. The number of hydrogen-bond acceptors (Lipinski definition) is 4. The number of pyridine rings is 1. The molecule has 2 heterocycles. The minimum Gasteiger partial charge on any atom is -0.497 e. The zero-order chi connectivity index (χ0) is 17.3. The van der Waals surface area contributed by atoms with E-state index in [1.807, 2.05) is 28.8 Å². The van der Waals surface area contributed by atoms with Crippen molar-refractivity contribution in [3.63, 3.8) is 0 Å². The first-order chi connectivity index (χ1) is 11.6. The molecule has 0 amide bonds. The molecular formula is C18H20ClN3O2. The molecule has 0 unspecified atom stereocenters. The van der Waals surface area contributed by atoms with Gasteiger partial charge in [-0.3, -0.25) is 4.57 Å². The van der Waals surface area contributed by atoms with Crippen LogP contribution in [-0.2, 0) is 0 Å². The molecule has 0 aliphatic carbocycles. The molecule has 0 spiro atoms. The van der Waals surface area contributed by atoms with Crippen LogP contribution in [0.4, 0.5) is 0 Å². The van der Waals surface area contributed by atoms with Crippen LogP contribution < -0.4 is 4.74 Å². The van der Waals surface area contributed by atoms with Crippen molar-refractivity contribution in [2.75, 3.05) is 7.11 Å². The normalized spacial score (nSPS) is 11.4. The molecule has 126 valence electrons. The monoisotopic (exact) mass is 345 g/mol. The maximum Gasteiger partial charge on any atom is 0.296 e. The summed E-state index contributed by atoms with van der Waals surface area (Å²) in [4.78, 5) is 8.50. The molecule has 3 rings (SSSR count). The lowest BCUT2D eigenvalue weighted by Crippen LogP contribution is -2.07. The van der Waals surface area contributed by atoms with Crippen LogP contribution in [0.5, 0.6) is 11.8 Å². The lowest BCUT2D eigenvalue weighted by atomic mass is 10.0. The number of aromatic nitrogens is 3. The number of imidazole rings is 1. The number of benzene rings is 1. The van der Waals surface area contributed by atoms with Gasteiger partial charge in [0.25, 0.3) is 6.01 Å². The van der Waals surface area contributed by atoms with Gasteiger partial charge in [0.2, 0.25) is 0 Å². The minimum absolute atomic E-state index is 0.0248. The predicted molar refractivity (Wildman–Crippen MR) is 95.8 cm³/mol. The molecule has 5 nitrogen and oxygen atoms in total. The summed E-state index contributed by atoms with van der Waals surface area (Å²) < 4.78 is 7.06. The number of methoxy groups -OCH3 is 1. The first kappa shape index (κ1) is 16.6. The first-order valence-electron chi connectivity index (χ1n) is 8.00. The molecule has 0 aliphatic rings. The standard InChI is InChI=1S/C18H20ClN3O2/c1-4-12(5-2)22-16-15(11-6-8-13(24-3)9-7-11)14(19)10-20-17(16)21-18(22)23/h6-10,12H,4-5H2,1-3H3,(H,20,21,23). The topological polar surface area (TPSA) is 60.2 Å². The molecule has 6 heteroatoms. The van der Waals surface area contributed by atoms with E-state index in [2.05, 4.69) is 23.8 Å². The molecule has 0 saturated heterocycles. The highest BCUT2D eigenvalue weighted by atomic mass is 35.5. The summed E-state index contributed by atoms with van der Waals surface area (Å²) in [6.45, 7) is 4.18. The van der Waals surface area contributed by atoms with Crippen LogP contribution in [0.25, 0.3) is 22.3 Å².